The minimum absolute atomic E-state index is 0.196. The molecule has 0 aromatic rings. The Hall–Kier alpha value is -1.14. The van der Waals surface area contributed by atoms with Crippen molar-refractivity contribution in [1.29, 1.82) is 0 Å². The Balaban J connectivity index is 0.000000385. The Morgan fingerprint density at radius 1 is 1.56 bits per heavy atom. The number of hydrogen-bond donors (Lipinski definition) is 2. The topological polar surface area (TPSA) is 93.1 Å². The third-order valence-corrected chi connectivity index (χ3v) is 1.44. The van der Waals surface area contributed by atoms with E-state index < -0.39 is 5.79 Å². The first-order valence-corrected chi connectivity index (χ1v) is 4.96. The summed E-state index contributed by atoms with van der Waals surface area (Å²) in [6.07, 6.45) is 0.879. The standard InChI is InChI=1S/C7H10O4.C3H8O2/c1-5(8)10-4-6-2-3-7(9)11-6;1-3(2,4)5/h6H,2-4H2,1H3;4-5H,1-2H3. The summed E-state index contributed by atoms with van der Waals surface area (Å²) < 4.78 is 9.45. The maximum Gasteiger partial charge on any atom is 0.306 e. The van der Waals surface area contributed by atoms with Crippen molar-refractivity contribution in [2.24, 2.45) is 0 Å². The van der Waals surface area contributed by atoms with Crippen molar-refractivity contribution in [3.05, 3.63) is 0 Å². The lowest BCUT2D eigenvalue weighted by Crippen LogP contribution is -2.16. The van der Waals surface area contributed by atoms with Crippen molar-refractivity contribution < 1.29 is 29.3 Å². The zero-order chi connectivity index (χ0) is 12.8. The summed E-state index contributed by atoms with van der Waals surface area (Å²) in [5, 5.41) is 16.2. The molecule has 0 radical (unpaired) electrons. The fraction of sp³-hybridized carbons (Fsp3) is 0.800. The first-order chi connectivity index (χ1) is 7.18. The minimum atomic E-state index is -1.50. The molecule has 1 unspecified atom stereocenters. The van der Waals surface area contributed by atoms with Crippen LogP contribution in [0.3, 0.4) is 0 Å². The van der Waals surface area contributed by atoms with Crippen LogP contribution >= 0.6 is 0 Å². The van der Waals surface area contributed by atoms with Crippen LogP contribution < -0.4 is 0 Å². The highest BCUT2D eigenvalue weighted by molar-refractivity contribution is 5.71. The summed E-state index contributed by atoms with van der Waals surface area (Å²) in [5.41, 5.74) is 0. The van der Waals surface area contributed by atoms with Gasteiger partial charge in [0.15, 0.2) is 5.79 Å². The van der Waals surface area contributed by atoms with Gasteiger partial charge in [0.05, 0.1) is 0 Å². The fourth-order valence-electron chi connectivity index (χ4n) is 0.910. The second-order valence-electron chi connectivity index (χ2n) is 3.95. The normalized spacial score (nSPS) is 19.6. The monoisotopic (exact) mass is 234 g/mol. The number of ether oxygens (including phenoxy) is 2. The van der Waals surface area contributed by atoms with Gasteiger partial charge in [-0.1, -0.05) is 0 Å². The summed E-state index contributed by atoms with van der Waals surface area (Å²) in [4.78, 5) is 20.9. The molecule has 0 spiro atoms. The molecule has 0 aromatic carbocycles. The van der Waals surface area contributed by atoms with E-state index >= 15 is 0 Å². The van der Waals surface area contributed by atoms with E-state index in [2.05, 4.69) is 4.74 Å². The second kappa shape index (κ2) is 6.44. The zero-order valence-electron chi connectivity index (χ0n) is 9.73. The summed E-state index contributed by atoms with van der Waals surface area (Å²) in [6.45, 7) is 4.12. The molecule has 1 saturated heterocycles. The van der Waals surface area contributed by atoms with Crippen molar-refractivity contribution in [1.82, 2.24) is 0 Å². The Labute approximate surface area is 94.2 Å². The van der Waals surface area contributed by atoms with Gasteiger partial charge in [-0.15, -0.1) is 0 Å². The molecule has 6 heteroatoms. The first-order valence-electron chi connectivity index (χ1n) is 4.96. The average Bonchev–Trinajstić information content (AvgIpc) is 2.44. The van der Waals surface area contributed by atoms with Gasteiger partial charge in [0.25, 0.3) is 0 Å². The van der Waals surface area contributed by atoms with Gasteiger partial charge in [-0.2, -0.15) is 0 Å². The van der Waals surface area contributed by atoms with Crippen LogP contribution in [0.1, 0.15) is 33.6 Å². The van der Waals surface area contributed by atoms with Crippen molar-refractivity contribution >= 4 is 11.9 Å². The summed E-state index contributed by atoms with van der Waals surface area (Å²) in [6, 6.07) is 0. The molecule has 0 aromatic heterocycles. The molecule has 1 rings (SSSR count). The van der Waals surface area contributed by atoms with Gasteiger partial charge >= 0.3 is 11.9 Å². The van der Waals surface area contributed by atoms with Crippen LogP contribution in [0.4, 0.5) is 0 Å². The Morgan fingerprint density at radius 2 is 2.06 bits per heavy atom. The van der Waals surface area contributed by atoms with Crippen LogP contribution in [-0.2, 0) is 19.1 Å². The predicted octanol–water partition coefficient (Wildman–Crippen LogP) is -0.0378. The summed E-state index contributed by atoms with van der Waals surface area (Å²) >= 11 is 0. The van der Waals surface area contributed by atoms with Gasteiger partial charge in [-0.05, 0) is 20.3 Å². The first kappa shape index (κ1) is 14.9. The molecule has 6 nitrogen and oxygen atoms in total. The van der Waals surface area contributed by atoms with Crippen molar-refractivity contribution in [2.45, 2.75) is 45.5 Å². The molecular formula is C10H18O6. The van der Waals surface area contributed by atoms with Gasteiger partial charge < -0.3 is 19.7 Å². The zero-order valence-corrected chi connectivity index (χ0v) is 9.73. The lowest BCUT2D eigenvalue weighted by atomic mass is 10.2. The largest absolute Gasteiger partial charge is 0.462 e. The van der Waals surface area contributed by atoms with Crippen LogP contribution in [0.5, 0.6) is 0 Å². The lowest BCUT2D eigenvalue weighted by Gasteiger charge is -2.07. The quantitative estimate of drug-likeness (QED) is 0.514. The van der Waals surface area contributed by atoms with Gasteiger partial charge in [0.2, 0.25) is 0 Å². The molecule has 94 valence electrons. The number of aliphatic hydroxyl groups is 2. The molecule has 2 N–H and O–H groups in total. The van der Waals surface area contributed by atoms with E-state index in [9.17, 15) is 9.59 Å². The van der Waals surface area contributed by atoms with Crippen LogP contribution in [0.2, 0.25) is 0 Å². The molecule has 0 saturated carbocycles. The van der Waals surface area contributed by atoms with Crippen molar-refractivity contribution in [2.75, 3.05) is 6.61 Å². The molecular weight excluding hydrogens is 216 g/mol. The molecule has 1 heterocycles. The number of esters is 2. The molecule has 1 fully saturated rings. The van der Waals surface area contributed by atoms with Crippen LogP contribution in [0.25, 0.3) is 0 Å². The molecule has 16 heavy (non-hydrogen) atoms. The van der Waals surface area contributed by atoms with E-state index in [0.717, 1.165) is 0 Å². The fourth-order valence-corrected chi connectivity index (χ4v) is 0.910. The Bertz CT molecular complexity index is 236. The van der Waals surface area contributed by atoms with Crippen LogP contribution in [-0.4, -0.2) is 40.6 Å². The van der Waals surface area contributed by atoms with Gasteiger partial charge in [-0.25, -0.2) is 0 Å². The summed E-state index contributed by atoms with van der Waals surface area (Å²) in [7, 11) is 0. The number of carbonyl (C=O) groups is 2. The number of cyclic esters (lactones) is 1. The van der Waals surface area contributed by atoms with Crippen molar-refractivity contribution in [3.63, 3.8) is 0 Å². The maximum atomic E-state index is 10.5. The number of carbonyl (C=O) groups excluding carboxylic acids is 2. The van der Waals surface area contributed by atoms with Crippen LogP contribution in [0, 0.1) is 0 Å². The summed E-state index contributed by atoms with van der Waals surface area (Å²) in [5.74, 6) is -2.05. The minimum Gasteiger partial charge on any atom is -0.462 e. The van der Waals surface area contributed by atoms with E-state index in [1.807, 2.05) is 0 Å². The highest BCUT2D eigenvalue weighted by Crippen LogP contribution is 2.13. The smallest absolute Gasteiger partial charge is 0.306 e. The van der Waals surface area contributed by atoms with Gasteiger partial charge in [-0.3, -0.25) is 9.59 Å². The SMILES string of the molecule is CC(=O)OCC1CCC(=O)O1.CC(C)(O)O. The van der Waals surface area contributed by atoms with E-state index in [-0.39, 0.29) is 24.6 Å². The third-order valence-electron chi connectivity index (χ3n) is 1.44. The van der Waals surface area contributed by atoms with E-state index in [0.29, 0.717) is 12.8 Å². The predicted molar refractivity (Wildman–Crippen MR) is 54.3 cm³/mol. The second-order valence-corrected chi connectivity index (χ2v) is 3.95. The van der Waals surface area contributed by atoms with E-state index in [1.54, 1.807) is 0 Å². The molecule has 0 bridgehead atoms. The molecule has 0 amide bonds. The third kappa shape index (κ3) is 10.9. The van der Waals surface area contributed by atoms with E-state index in [4.69, 9.17) is 14.9 Å². The number of hydrogen-bond acceptors (Lipinski definition) is 6. The maximum absolute atomic E-state index is 10.5. The van der Waals surface area contributed by atoms with Gasteiger partial charge in [0, 0.05) is 13.3 Å². The van der Waals surface area contributed by atoms with Crippen LogP contribution in [0.15, 0.2) is 0 Å². The van der Waals surface area contributed by atoms with E-state index in [1.165, 1.54) is 20.8 Å². The lowest BCUT2D eigenvalue weighted by molar-refractivity contribution is -0.151. The number of rotatable bonds is 2. The average molecular weight is 234 g/mol. The van der Waals surface area contributed by atoms with Gasteiger partial charge in [0.1, 0.15) is 12.7 Å². The highest BCUT2D eigenvalue weighted by Gasteiger charge is 2.23. The molecule has 0 aliphatic carbocycles. The Kier molecular flexibility index (Phi) is 5.98. The van der Waals surface area contributed by atoms with Crippen molar-refractivity contribution in [3.8, 4) is 0 Å². The highest BCUT2D eigenvalue weighted by atomic mass is 16.6. The molecule has 1 atom stereocenters. The molecule has 1 aliphatic rings. The molecule has 1 aliphatic heterocycles. The Morgan fingerprint density at radius 3 is 2.38 bits per heavy atom.